The molecule has 3 nitrogen and oxygen atoms in total. The predicted octanol–water partition coefficient (Wildman–Crippen LogP) is 3.94. The maximum absolute atomic E-state index is 6.17. The van der Waals surface area contributed by atoms with Crippen LogP contribution in [0.25, 0.3) is 0 Å². The van der Waals surface area contributed by atoms with E-state index in [1.165, 1.54) is 0 Å². The molecule has 1 aromatic carbocycles. The fraction of sp³-hybridized carbons (Fsp3) is 0.571. The Bertz CT molecular complexity index is 382. The third kappa shape index (κ3) is 3.79. The standard InChI is InChI=1S/C14H22ClNO2/c1-4-7-12(16)10-8-14(18-6-3)11(15)9-13(10)17-5-2/h8-9,12H,4-7,16H2,1-3H3. The van der Waals surface area contributed by atoms with Crippen molar-refractivity contribution < 1.29 is 9.47 Å². The minimum absolute atomic E-state index is 0.0481. The van der Waals surface area contributed by atoms with Crippen molar-refractivity contribution >= 4 is 11.6 Å². The van der Waals surface area contributed by atoms with E-state index in [9.17, 15) is 0 Å². The molecule has 0 aromatic heterocycles. The van der Waals surface area contributed by atoms with Crippen molar-refractivity contribution in [1.29, 1.82) is 0 Å². The van der Waals surface area contributed by atoms with Crippen LogP contribution in [0, 0.1) is 0 Å². The fourth-order valence-electron chi connectivity index (χ4n) is 1.85. The molecule has 0 amide bonds. The van der Waals surface area contributed by atoms with E-state index in [4.69, 9.17) is 26.8 Å². The van der Waals surface area contributed by atoms with Gasteiger partial charge in [-0.15, -0.1) is 0 Å². The molecule has 0 saturated carbocycles. The molecule has 4 heteroatoms. The summed E-state index contributed by atoms with van der Waals surface area (Å²) in [6, 6.07) is 3.64. The van der Waals surface area contributed by atoms with Gasteiger partial charge in [-0.05, 0) is 26.3 Å². The Balaban J connectivity index is 3.12. The molecule has 0 aliphatic rings. The highest BCUT2D eigenvalue weighted by Gasteiger charge is 2.15. The Morgan fingerprint density at radius 1 is 1.11 bits per heavy atom. The second-order valence-electron chi connectivity index (χ2n) is 4.08. The summed E-state index contributed by atoms with van der Waals surface area (Å²) in [5.74, 6) is 1.43. The lowest BCUT2D eigenvalue weighted by Gasteiger charge is -2.18. The number of hydrogen-bond donors (Lipinski definition) is 1. The van der Waals surface area contributed by atoms with E-state index in [-0.39, 0.29) is 6.04 Å². The normalized spacial score (nSPS) is 12.3. The van der Waals surface area contributed by atoms with Crippen molar-refractivity contribution in [3.8, 4) is 11.5 Å². The first kappa shape index (κ1) is 15.1. The van der Waals surface area contributed by atoms with E-state index in [1.807, 2.05) is 19.9 Å². The Labute approximate surface area is 114 Å². The molecule has 0 aliphatic heterocycles. The molecular weight excluding hydrogens is 250 g/mol. The van der Waals surface area contributed by atoms with Crippen LogP contribution in [-0.4, -0.2) is 13.2 Å². The highest BCUT2D eigenvalue weighted by Crippen LogP contribution is 2.36. The Hall–Kier alpha value is -0.930. The molecule has 0 aliphatic carbocycles. The number of halogens is 1. The van der Waals surface area contributed by atoms with Crippen LogP contribution >= 0.6 is 11.6 Å². The molecular formula is C14H22ClNO2. The van der Waals surface area contributed by atoms with Gasteiger partial charge in [0, 0.05) is 17.7 Å². The molecule has 18 heavy (non-hydrogen) atoms. The van der Waals surface area contributed by atoms with Gasteiger partial charge in [0.25, 0.3) is 0 Å². The first-order valence-electron chi connectivity index (χ1n) is 6.48. The van der Waals surface area contributed by atoms with Gasteiger partial charge in [-0.25, -0.2) is 0 Å². The van der Waals surface area contributed by atoms with Gasteiger partial charge in [0.15, 0.2) is 0 Å². The maximum atomic E-state index is 6.17. The molecule has 1 atom stereocenters. The molecule has 1 rings (SSSR count). The first-order valence-corrected chi connectivity index (χ1v) is 6.86. The van der Waals surface area contributed by atoms with Gasteiger partial charge < -0.3 is 15.2 Å². The van der Waals surface area contributed by atoms with E-state index in [0.717, 1.165) is 24.2 Å². The van der Waals surface area contributed by atoms with Gasteiger partial charge in [-0.1, -0.05) is 24.9 Å². The smallest absolute Gasteiger partial charge is 0.138 e. The van der Waals surface area contributed by atoms with E-state index in [0.29, 0.717) is 24.0 Å². The molecule has 0 spiro atoms. The SMILES string of the molecule is CCCC(N)c1cc(OCC)c(Cl)cc1OCC. The second-order valence-corrected chi connectivity index (χ2v) is 4.49. The molecule has 102 valence electrons. The van der Waals surface area contributed by atoms with Crippen LogP contribution in [-0.2, 0) is 0 Å². The van der Waals surface area contributed by atoms with Crippen LogP contribution < -0.4 is 15.2 Å². The molecule has 1 unspecified atom stereocenters. The minimum Gasteiger partial charge on any atom is -0.493 e. The van der Waals surface area contributed by atoms with E-state index in [2.05, 4.69) is 6.92 Å². The summed E-state index contributed by atoms with van der Waals surface area (Å²) < 4.78 is 11.1. The van der Waals surface area contributed by atoms with Gasteiger partial charge in [-0.2, -0.15) is 0 Å². The zero-order chi connectivity index (χ0) is 13.5. The first-order chi connectivity index (χ1) is 8.63. The summed E-state index contributed by atoms with van der Waals surface area (Å²) in [5.41, 5.74) is 7.14. The molecule has 2 N–H and O–H groups in total. The monoisotopic (exact) mass is 271 g/mol. The summed E-state index contributed by atoms with van der Waals surface area (Å²) in [6.45, 7) is 7.16. The molecule has 1 aromatic rings. The van der Waals surface area contributed by atoms with Crippen molar-refractivity contribution in [2.75, 3.05) is 13.2 Å². The minimum atomic E-state index is -0.0481. The predicted molar refractivity (Wildman–Crippen MR) is 75.6 cm³/mol. The zero-order valence-electron chi connectivity index (χ0n) is 11.3. The van der Waals surface area contributed by atoms with E-state index < -0.39 is 0 Å². The summed E-state index contributed by atoms with van der Waals surface area (Å²) in [6.07, 6.45) is 1.94. The van der Waals surface area contributed by atoms with Gasteiger partial charge in [0.1, 0.15) is 11.5 Å². The Kier molecular flexibility index (Phi) is 6.30. The van der Waals surface area contributed by atoms with Crippen molar-refractivity contribution in [2.45, 2.75) is 39.7 Å². The fourth-order valence-corrected chi connectivity index (χ4v) is 2.06. The highest BCUT2D eigenvalue weighted by atomic mass is 35.5. The molecule has 0 fully saturated rings. The average molecular weight is 272 g/mol. The third-order valence-corrected chi connectivity index (χ3v) is 2.96. The number of nitrogens with two attached hydrogens (primary N) is 1. The van der Waals surface area contributed by atoms with Gasteiger partial charge in [0.2, 0.25) is 0 Å². The summed E-state index contributed by atoms with van der Waals surface area (Å²) in [4.78, 5) is 0. The molecule has 0 heterocycles. The second kappa shape index (κ2) is 7.49. The van der Waals surface area contributed by atoms with Crippen LogP contribution in [0.3, 0.4) is 0 Å². The lowest BCUT2D eigenvalue weighted by atomic mass is 10.0. The molecule has 0 saturated heterocycles. The van der Waals surface area contributed by atoms with Crippen molar-refractivity contribution in [3.05, 3.63) is 22.7 Å². The zero-order valence-corrected chi connectivity index (χ0v) is 12.1. The van der Waals surface area contributed by atoms with Crippen molar-refractivity contribution in [3.63, 3.8) is 0 Å². The maximum Gasteiger partial charge on any atom is 0.138 e. The number of benzene rings is 1. The van der Waals surface area contributed by atoms with E-state index >= 15 is 0 Å². The van der Waals surface area contributed by atoms with Crippen LogP contribution in [0.15, 0.2) is 12.1 Å². The van der Waals surface area contributed by atoms with Gasteiger partial charge >= 0.3 is 0 Å². The van der Waals surface area contributed by atoms with Gasteiger partial charge in [0.05, 0.1) is 18.2 Å². The summed E-state index contributed by atoms with van der Waals surface area (Å²) in [7, 11) is 0. The number of hydrogen-bond acceptors (Lipinski definition) is 3. The quantitative estimate of drug-likeness (QED) is 0.817. The average Bonchev–Trinajstić information content (AvgIpc) is 2.33. The van der Waals surface area contributed by atoms with Crippen LogP contribution in [0.4, 0.5) is 0 Å². The van der Waals surface area contributed by atoms with Gasteiger partial charge in [-0.3, -0.25) is 0 Å². The number of ether oxygens (including phenoxy) is 2. The van der Waals surface area contributed by atoms with Crippen LogP contribution in [0.5, 0.6) is 11.5 Å². The summed E-state index contributed by atoms with van der Waals surface area (Å²) >= 11 is 6.15. The van der Waals surface area contributed by atoms with Crippen molar-refractivity contribution in [1.82, 2.24) is 0 Å². The third-order valence-electron chi connectivity index (χ3n) is 2.66. The largest absolute Gasteiger partial charge is 0.493 e. The van der Waals surface area contributed by atoms with Crippen molar-refractivity contribution in [2.24, 2.45) is 5.73 Å². The lowest BCUT2D eigenvalue weighted by Crippen LogP contribution is -2.12. The Morgan fingerprint density at radius 2 is 1.72 bits per heavy atom. The molecule has 0 radical (unpaired) electrons. The lowest BCUT2D eigenvalue weighted by molar-refractivity contribution is 0.325. The van der Waals surface area contributed by atoms with Crippen LogP contribution in [0.2, 0.25) is 5.02 Å². The van der Waals surface area contributed by atoms with E-state index in [1.54, 1.807) is 6.07 Å². The highest BCUT2D eigenvalue weighted by molar-refractivity contribution is 6.32. The topological polar surface area (TPSA) is 44.5 Å². The summed E-state index contributed by atoms with van der Waals surface area (Å²) in [5, 5.41) is 0.563. The molecule has 0 bridgehead atoms. The number of rotatable bonds is 7. The Morgan fingerprint density at radius 3 is 2.28 bits per heavy atom. The van der Waals surface area contributed by atoms with Crippen LogP contribution in [0.1, 0.15) is 45.2 Å².